The molecule has 0 amide bonds. The minimum absolute atomic E-state index is 0.265. The molecule has 0 rings (SSSR count). The summed E-state index contributed by atoms with van der Waals surface area (Å²) in [5, 5.41) is 3.53. The first-order valence-electron chi connectivity index (χ1n) is 7.00. The number of nitrogens with one attached hydrogen (secondary N) is 1. The van der Waals surface area contributed by atoms with Gasteiger partial charge in [0, 0.05) is 5.54 Å². The van der Waals surface area contributed by atoms with Gasteiger partial charge in [-0.15, -0.1) is 6.58 Å². The second-order valence-electron chi connectivity index (χ2n) is 5.97. The molecule has 0 aromatic rings. The lowest BCUT2D eigenvalue weighted by Gasteiger charge is -2.20. The lowest BCUT2D eigenvalue weighted by molar-refractivity contribution is 0.319. The average molecular weight is 240 g/mol. The molecule has 0 aromatic heterocycles. The highest BCUT2D eigenvalue weighted by Crippen LogP contribution is 2.02. The van der Waals surface area contributed by atoms with Crippen molar-refractivity contribution in [1.82, 2.24) is 10.2 Å². The van der Waals surface area contributed by atoms with E-state index in [1.54, 1.807) is 0 Å². The Bertz CT molecular complexity index is 182. The van der Waals surface area contributed by atoms with Gasteiger partial charge in [0.2, 0.25) is 0 Å². The van der Waals surface area contributed by atoms with Gasteiger partial charge >= 0.3 is 0 Å². The highest BCUT2D eigenvalue weighted by Gasteiger charge is 2.06. The zero-order valence-electron chi connectivity index (χ0n) is 12.4. The zero-order chi connectivity index (χ0) is 13.1. The van der Waals surface area contributed by atoms with Gasteiger partial charge in [-0.1, -0.05) is 12.5 Å². The predicted molar refractivity (Wildman–Crippen MR) is 78.5 cm³/mol. The highest BCUT2D eigenvalue weighted by atomic mass is 15.1. The Morgan fingerprint density at radius 1 is 1.06 bits per heavy atom. The molecule has 0 heterocycles. The van der Waals surface area contributed by atoms with Crippen molar-refractivity contribution in [2.75, 3.05) is 26.7 Å². The molecule has 17 heavy (non-hydrogen) atoms. The Labute approximate surface area is 108 Å². The number of allylic oxidation sites excluding steroid dienone is 1. The monoisotopic (exact) mass is 240 g/mol. The van der Waals surface area contributed by atoms with E-state index in [4.69, 9.17) is 0 Å². The van der Waals surface area contributed by atoms with Gasteiger partial charge in [0.1, 0.15) is 0 Å². The fourth-order valence-corrected chi connectivity index (χ4v) is 1.76. The van der Waals surface area contributed by atoms with Crippen molar-refractivity contribution in [3.05, 3.63) is 12.7 Å². The number of hydrogen-bond acceptors (Lipinski definition) is 2. The molecule has 0 saturated carbocycles. The number of nitrogens with zero attached hydrogens (tertiary/aromatic N) is 1. The van der Waals surface area contributed by atoms with E-state index in [0.29, 0.717) is 0 Å². The molecule has 102 valence electrons. The normalized spacial score (nSPS) is 12.1. The molecule has 0 aromatic carbocycles. The van der Waals surface area contributed by atoms with Crippen LogP contribution in [0.1, 0.15) is 52.9 Å². The largest absolute Gasteiger partial charge is 0.312 e. The number of hydrogen-bond donors (Lipinski definition) is 1. The van der Waals surface area contributed by atoms with Gasteiger partial charge in [-0.05, 0) is 73.1 Å². The van der Waals surface area contributed by atoms with Crippen LogP contribution in [0.2, 0.25) is 0 Å². The van der Waals surface area contributed by atoms with Crippen molar-refractivity contribution >= 4 is 0 Å². The van der Waals surface area contributed by atoms with E-state index < -0.39 is 0 Å². The second kappa shape index (κ2) is 9.67. The van der Waals surface area contributed by atoms with Gasteiger partial charge in [-0.25, -0.2) is 0 Å². The van der Waals surface area contributed by atoms with Crippen LogP contribution in [0.4, 0.5) is 0 Å². The summed E-state index contributed by atoms with van der Waals surface area (Å²) in [6, 6.07) is 0. The maximum absolute atomic E-state index is 3.75. The van der Waals surface area contributed by atoms with Gasteiger partial charge in [-0.2, -0.15) is 0 Å². The smallest absolute Gasteiger partial charge is 0.00965 e. The Kier molecular flexibility index (Phi) is 9.47. The molecule has 0 aliphatic carbocycles. The minimum Gasteiger partial charge on any atom is -0.312 e. The van der Waals surface area contributed by atoms with Crippen molar-refractivity contribution in [3.63, 3.8) is 0 Å². The molecular weight excluding hydrogens is 208 g/mol. The molecule has 0 atom stereocenters. The van der Waals surface area contributed by atoms with Crippen molar-refractivity contribution < 1.29 is 0 Å². The predicted octanol–water partition coefficient (Wildman–Crippen LogP) is 3.44. The van der Waals surface area contributed by atoms with Gasteiger partial charge in [-0.3, -0.25) is 0 Å². The minimum atomic E-state index is 0.265. The van der Waals surface area contributed by atoms with Crippen molar-refractivity contribution in [2.24, 2.45) is 0 Å². The summed E-state index contributed by atoms with van der Waals surface area (Å²) in [5.41, 5.74) is 0.265. The van der Waals surface area contributed by atoms with E-state index >= 15 is 0 Å². The third-order valence-electron chi connectivity index (χ3n) is 2.82. The van der Waals surface area contributed by atoms with Crippen LogP contribution < -0.4 is 5.32 Å². The molecule has 0 aliphatic rings. The maximum Gasteiger partial charge on any atom is 0.00965 e. The van der Waals surface area contributed by atoms with Crippen LogP contribution >= 0.6 is 0 Å². The van der Waals surface area contributed by atoms with Crippen molar-refractivity contribution in [3.8, 4) is 0 Å². The Morgan fingerprint density at radius 2 is 1.71 bits per heavy atom. The number of unbranched alkanes of at least 4 members (excludes halogenated alkanes) is 3. The topological polar surface area (TPSA) is 15.3 Å². The molecule has 2 nitrogen and oxygen atoms in total. The molecule has 0 fully saturated rings. The molecule has 0 bridgehead atoms. The Morgan fingerprint density at radius 3 is 2.29 bits per heavy atom. The summed E-state index contributed by atoms with van der Waals surface area (Å²) in [7, 11) is 2.22. The van der Waals surface area contributed by atoms with E-state index in [1.165, 1.54) is 38.8 Å². The van der Waals surface area contributed by atoms with E-state index in [-0.39, 0.29) is 5.54 Å². The summed E-state index contributed by atoms with van der Waals surface area (Å²) in [5.74, 6) is 0. The molecule has 0 aliphatic heterocycles. The molecular formula is C15H32N2. The average Bonchev–Trinajstić information content (AvgIpc) is 2.22. The van der Waals surface area contributed by atoms with E-state index in [0.717, 1.165) is 13.0 Å². The molecule has 0 radical (unpaired) electrons. The van der Waals surface area contributed by atoms with Gasteiger partial charge < -0.3 is 10.2 Å². The second-order valence-corrected chi connectivity index (χ2v) is 5.97. The molecule has 1 N–H and O–H groups in total. The standard InChI is InChI=1S/C15H32N2/c1-6-7-10-13-17(5)14-11-8-9-12-16-15(2,3)4/h6,16H,1,7-14H2,2-5H3. The van der Waals surface area contributed by atoms with Crippen LogP contribution in [0.3, 0.4) is 0 Å². The van der Waals surface area contributed by atoms with Crippen molar-refractivity contribution in [2.45, 2.75) is 58.4 Å². The molecule has 0 spiro atoms. The van der Waals surface area contributed by atoms with Crippen LogP contribution in [0.15, 0.2) is 12.7 Å². The third-order valence-corrected chi connectivity index (χ3v) is 2.82. The van der Waals surface area contributed by atoms with E-state index in [2.05, 4.69) is 44.6 Å². The van der Waals surface area contributed by atoms with Crippen LogP contribution in [-0.4, -0.2) is 37.1 Å². The number of rotatable bonds is 10. The van der Waals surface area contributed by atoms with Crippen LogP contribution in [0.25, 0.3) is 0 Å². The SMILES string of the molecule is C=CCCCN(C)CCCCCNC(C)(C)C. The Balaban J connectivity index is 3.24. The summed E-state index contributed by atoms with van der Waals surface area (Å²) in [4.78, 5) is 2.43. The summed E-state index contributed by atoms with van der Waals surface area (Å²) < 4.78 is 0. The van der Waals surface area contributed by atoms with Crippen molar-refractivity contribution in [1.29, 1.82) is 0 Å². The van der Waals surface area contributed by atoms with Gasteiger partial charge in [0.15, 0.2) is 0 Å². The molecule has 2 heteroatoms. The molecule has 0 saturated heterocycles. The Hall–Kier alpha value is -0.340. The summed E-state index contributed by atoms with van der Waals surface area (Å²) in [6.07, 6.45) is 8.32. The van der Waals surface area contributed by atoms with E-state index in [9.17, 15) is 0 Å². The summed E-state index contributed by atoms with van der Waals surface area (Å²) in [6.45, 7) is 14.0. The zero-order valence-corrected chi connectivity index (χ0v) is 12.4. The third kappa shape index (κ3) is 13.6. The summed E-state index contributed by atoms with van der Waals surface area (Å²) >= 11 is 0. The quantitative estimate of drug-likeness (QED) is 0.465. The lowest BCUT2D eigenvalue weighted by atomic mass is 10.1. The first-order valence-corrected chi connectivity index (χ1v) is 7.00. The van der Waals surface area contributed by atoms with Gasteiger partial charge in [0.05, 0.1) is 0 Å². The fraction of sp³-hybridized carbons (Fsp3) is 0.867. The van der Waals surface area contributed by atoms with E-state index in [1.807, 2.05) is 6.08 Å². The first kappa shape index (κ1) is 16.7. The lowest BCUT2D eigenvalue weighted by Crippen LogP contribution is -2.36. The van der Waals surface area contributed by atoms with Crippen LogP contribution in [0.5, 0.6) is 0 Å². The molecule has 0 unspecified atom stereocenters. The maximum atomic E-state index is 3.75. The first-order chi connectivity index (χ1) is 7.95. The van der Waals surface area contributed by atoms with Crippen LogP contribution in [-0.2, 0) is 0 Å². The van der Waals surface area contributed by atoms with Crippen LogP contribution in [0, 0.1) is 0 Å². The highest BCUT2D eigenvalue weighted by molar-refractivity contribution is 4.70. The fourth-order valence-electron chi connectivity index (χ4n) is 1.76. The van der Waals surface area contributed by atoms with Gasteiger partial charge in [0.25, 0.3) is 0 Å².